The van der Waals surface area contributed by atoms with Crippen LogP contribution in [0.5, 0.6) is 0 Å². The summed E-state index contributed by atoms with van der Waals surface area (Å²) in [4.78, 5) is 11.5. The van der Waals surface area contributed by atoms with E-state index in [0.717, 1.165) is 11.1 Å². The molecule has 120 valence electrons. The summed E-state index contributed by atoms with van der Waals surface area (Å²) < 4.78 is 0. The maximum Gasteiger partial charge on any atom is 0.250 e. The fourth-order valence-corrected chi connectivity index (χ4v) is 4.60. The number of aryl methyl sites for hydroxylation is 1. The van der Waals surface area contributed by atoms with Gasteiger partial charge in [0.05, 0.1) is 5.56 Å². The SMILES string of the molecule is Cc1cc(C(N)=O)c(N)c(C)c1C1CCC2(CCCN2)CC1. The van der Waals surface area contributed by atoms with Crippen LogP contribution in [0, 0.1) is 13.8 Å². The van der Waals surface area contributed by atoms with Gasteiger partial charge in [0.2, 0.25) is 0 Å². The Morgan fingerprint density at radius 3 is 2.50 bits per heavy atom. The van der Waals surface area contributed by atoms with Crippen LogP contribution >= 0.6 is 0 Å². The van der Waals surface area contributed by atoms with E-state index < -0.39 is 5.91 Å². The molecule has 1 aliphatic carbocycles. The molecule has 22 heavy (non-hydrogen) atoms. The fraction of sp³-hybridized carbons (Fsp3) is 0.611. The summed E-state index contributed by atoms with van der Waals surface area (Å²) in [6.45, 7) is 5.28. The van der Waals surface area contributed by atoms with Crippen LogP contribution in [0.3, 0.4) is 0 Å². The van der Waals surface area contributed by atoms with E-state index in [9.17, 15) is 4.79 Å². The number of nitrogen functional groups attached to an aromatic ring is 1. The van der Waals surface area contributed by atoms with Crippen molar-refractivity contribution in [1.82, 2.24) is 5.32 Å². The Balaban J connectivity index is 1.87. The second-order valence-electron chi connectivity index (χ2n) is 7.14. The monoisotopic (exact) mass is 301 g/mol. The second-order valence-corrected chi connectivity index (χ2v) is 7.14. The average Bonchev–Trinajstić information content (AvgIpc) is 2.93. The fourth-order valence-electron chi connectivity index (χ4n) is 4.60. The first kappa shape index (κ1) is 15.3. The van der Waals surface area contributed by atoms with Crippen molar-refractivity contribution < 1.29 is 4.79 Å². The van der Waals surface area contributed by atoms with Gasteiger partial charge in [-0.2, -0.15) is 0 Å². The third-order valence-electron chi connectivity index (χ3n) is 5.83. The lowest BCUT2D eigenvalue weighted by Gasteiger charge is -2.38. The summed E-state index contributed by atoms with van der Waals surface area (Å²) in [5, 5.41) is 3.72. The van der Waals surface area contributed by atoms with Crippen molar-refractivity contribution in [3.8, 4) is 0 Å². The molecule has 3 rings (SSSR count). The molecule has 1 aromatic rings. The molecule has 1 saturated carbocycles. The quantitative estimate of drug-likeness (QED) is 0.735. The normalized spacial score (nSPS) is 28.2. The van der Waals surface area contributed by atoms with Crippen molar-refractivity contribution in [2.24, 2.45) is 5.73 Å². The van der Waals surface area contributed by atoms with Gasteiger partial charge >= 0.3 is 0 Å². The van der Waals surface area contributed by atoms with Crippen LogP contribution < -0.4 is 16.8 Å². The number of hydrogen-bond acceptors (Lipinski definition) is 3. The first-order valence-corrected chi connectivity index (χ1v) is 8.38. The van der Waals surface area contributed by atoms with E-state index in [1.807, 2.05) is 13.0 Å². The summed E-state index contributed by atoms with van der Waals surface area (Å²) in [5.41, 5.74) is 16.6. The highest BCUT2D eigenvalue weighted by molar-refractivity contribution is 5.99. The lowest BCUT2D eigenvalue weighted by molar-refractivity contribution is 0.100. The molecule has 0 unspecified atom stereocenters. The maximum atomic E-state index is 11.5. The average molecular weight is 301 g/mol. The van der Waals surface area contributed by atoms with Crippen LogP contribution in [-0.2, 0) is 0 Å². The van der Waals surface area contributed by atoms with E-state index in [0.29, 0.717) is 22.7 Å². The summed E-state index contributed by atoms with van der Waals surface area (Å²) in [7, 11) is 0. The Labute approximate surface area is 132 Å². The molecule has 1 aromatic carbocycles. The first-order chi connectivity index (χ1) is 10.4. The van der Waals surface area contributed by atoms with Gasteiger partial charge in [0.15, 0.2) is 0 Å². The van der Waals surface area contributed by atoms with E-state index in [1.54, 1.807) is 0 Å². The zero-order valence-corrected chi connectivity index (χ0v) is 13.7. The van der Waals surface area contributed by atoms with Gasteiger partial charge in [-0.1, -0.05) is 0 Å². The lowest BCUT2D eigenvalue weighted by atomic mass is 9.71. The van der Waals surface area contributed by atoms with Crippen molar-refractivity contribution in [3.63, 3.8) is 0 Å². The minimum absolute atomic E-state index is 0.400. The number of carbonyl (C=O) groups is 1. The molecule has 5 N–H and O–H groups in total. The van der Waals surface area contributed by atoms with Crippen LogP contribution in [0.15, 0.2) is 6.07 Å². The Morgan fingerprint density at radius 2 is 1.95 bits per heavy atom. The Bertz CT molecular complexity index is 593. The molecule has 2 fully saturated rings. The zero-order chi connectivity index (χ0) is 15.9. The van der Waals surface area contributed by atoms with Crippen molar-refractivity contribution in [2.45, 2.75) is 63.8 Å². The number of nitrogens with two attached hydrogens (primary N) is 2. The molecule has 0 atom stereocenters. The first-order valence-electron chi connectivity index (χ1n) is 8.38. The van der Waals surface area contributed by atoms with E-state index in [2.05, 4.69) is 12.2 Å². The summed E-state index contributed by atoms with van der Waals surface area (Å²) in [6.07, 6.45) is 7.51. The molecule has 1 spiro atoms. The third-order valence-corrected chi connectivity index (χ3v) is 5.83. The number of anilines is 1. The van der Waals surface area contributed by atoms with Crippen molar-refractivity contribution in [2.75, 3.05) is 12.3 Å². The molecule has 1 aliphatic heterocycles. The van der Waals surface area contributed by atoms with Gasteiger partial charge in [0, 0.05) is 11.2 Å². The highest BCUT2D eigenvalue weighted by Gasteiger charge is 2.38. The summed E-state index contributed by atoms with van der Waals surface area (Å²) in [5.74, 6) is 0.116. The standard InChI is InChI=1S/C18H27N3O/c1-11-10-14(17(20)22)16(19)12(2)15(11)13-4-7-18(8-5-13)6-3-9-21-18/h10,13,21H,3-9,19H2,1-2H3,(H2,20,22). The molecule has 1 saturated heterocycles. The van der Waals surface area contributed by atoms with Gasteiger partial charge in [-0.05, 0) is 87.6 Å². The van der Waals surface area contributed by atoms with Gasteiger partial charge in [0.25, 0.3) is 5.91 Å². The smallest absolute Gasteiger partial charge is 0.250 e. The topological polar surface area (TPSA) is 81.1 Å². The highest BCUT2D eigenvalue weighted by atomic mass is 16.1. The molecule has 4 nitrogen and oxygen atoms in total. The third kappa shape index (κ3) is 2.50. The van der Waals surface area contributed by atoms with Gasteiger partial charge < -0.3 is 16.8 Å². The predicted molar refractivity (Wildman–Crippen MR) is 90.0 cm³/mol. The molecule has 1 heterocycles. The summed E-state index contributed by atoms with van der Waals surface area (Å²) >= 11 is 0. The molecule has 0 aromatic heterocycles. The molecule has 0 bridgehead atoms. The predicted octanol–water partition coefficient (Wildman–Crippen LogP) is 2.76. The van der Waals surface area contributed by atoms with Gasteiger partial charge in [0.1, 0.15) is 0 Å². The van der Waals surface area contributed by atoms with Crippen LogP contribution in [0.25, 0.3) is 0 Å². The van der Waals surface area contributed by atoms with E-state index >= 15 is 0 Å². The van der Waals surface area contributed by atoms with Crippen molar-refractivity contribution >= 4 is 11.6 Å². The van der Waals surface area contributed by atoms with Crippen molar-refractivity contribution in [3.05, 3.63) is 28.3 Å². The number of hydrogen-bond donors (Lipinski definition) is 3. The number of rotatable bonds is 2. The molecule has 1 amide bonds. The summed E-state index contributed by atoms with van der Waals surface area (Å²) in [6, 6.07) is 1.87. The van der Waals surface area contributed by atoms with Crippen LogP contribution in [-0.4, -0.2) is 18.0 Å². The van der Waals surface area contributed by atoms with Gasteiger partial charge in [-0.15, -0.1) is 0 Å². The molecule has 2 aliphatic rings. The molecular formula is C18H27N3O. The van der Waals surface area contributed by atoms with E-state index in [1.165, 1.54) is 50.6 Å². The number of benzene rings is 1. The van der Waals surface area contributed by atoms with E-state index in [4.69, 9.17) is 11.5 Å². The van der Waals surface area contributed by atoms with Crippen LogP contribution in [0.4, 0.5) is 5.69 Å². The van der Waals surface area contributed by atoms with Crippen LogP contribution in [0.1, 0.15) is 71.5 Å². The number of carbonyl (C=O) groups excluding carboxylic acids is 1. The Hall–Kier alpha value is -1.55. The molecular weight excluding hydrogens is 274 g/mol. The zero-order valence-electron chi connectivity index (χ0n) is 13.7. The number of nitrogens with one attached hydrogen (secondary N) is 1. The number of primary amides is 1. The number of amides is 1. The second kappa shape index (κ2) is 5.58. The van der Waals surface area contributed by atoms with Gasteiger partial charge in [-0.3, -0.25) is 4.79 Å². The Morgan fingerprint density at radius 1 is 1.27 bits per heavy atom. The lowest BCUT2D eigenvalue weighted by Crippen LogP contribution is -2.42. The minimum atomic E-state index is -0.437. The minimum Gasteiger partial charge on any atom is -0.398 e. The van der Waals surface area contributed by atoms with Crippen molar-refractivity contribution in [1.29, 1.82) is 0 Å². The highest BCUT2D eigenvalue weighted by Crippen LogP contribution is 2.44. The van der Waals surface area contributed by atoms with E-state index in [-0.39, 0.29) is 0 Å². The maximum absolute atomic E-state index is 11.5. The van der Waals surface area contributed by atoms with Crippen LogP contribution in [0.2, 0.25) is 0 Å². The molecule has 0 radical (unpaired) electrons. The largest absolute Gasteiger partial charge is 0.398 e. The Kier molecular flexibility index (Phi) is 3.89. The molecule has 4 heteroatoms. The van der Waals surface area contributed by atoms with Gasteiger partial charge in [-0.25, -0.2) is 0 Å².